The van der Waals surface area contributed by atoms with Crippen LogP contribution in [0.25, 0.3) is 11.0 Å². The molecule has 0 aliphatic heterocycles. The van der Waals surface area contributed by atoms with Gasteiger partial charge in [0.05, 0.1) is 11.1 Å². The Morgan fingerprint density at radius 1 is 1.31 bits per heavy atom. The molecule has 9 nitrogen and oxygen atoms in total. The molecular weight excluding hydrogens is 338 g/mol. The number of hydrogen-bond acceptors (Lipinski definition) is 7. The molecule has 2 aromatic heterocycles. The van der Waals surface area contributed by atoms with E-state index in [0.29, 0.717) is 29.8 Å². The van der Waals surface area contributed by atoms with Crippen molar-refractivity contribution in [2.45, 2.75) is 39.8 Å². The SMILES string of the molecule is CC[C@H](OC(=O)c1ccc2c(c1)nnn2CC)C(=O)Nc1cc(C)on1. The maximum Gasteiger partial charge on any atom is 0.338 e. The van der Waals surface area contributed by atoms with Gasteiger partial charge in [-0.05, 0) is 38.5 Å². The van der Waals surface area contributed by atoms with E-state index in [4.69, 9.17) is 9.26 Å². The number of fused-ring (bicyclic) bond motifs is 1. The third-order valence-corrected chi connectivity index (χ3v) is 3.84. The van der Waals surface area contributed by atoms with Crippen LogP contribution in [0.4, 0.5) is 5.82 Å². The number of benzene rings is 1. The second-order valence-corrected chi connectivity index (χ2v) is 5.72. The van der Waals surface area contributed by atoms with E-state index in [0.717, 1.165) is 5.52 Å². The van der Waals surface area contributed by atoms with Gasteiger partial charge in [-0.3, -0.25) is 4.79 Å². The first kappa shape index (κ1) is 17.6. The number of aryl methyl sites for hydroxylation is 2. The molecule has 3 aromatic rings. The van der Waals surface area contributed by atoms with Crippen LogP contribution in [-0.4, -0.2) is 38.1 Å². The van der Waals surface area contributed by atoms with E-state index in [1.165, 1.54) is 0 Å². The first-order valence-electron chi connectivity index (χ1n) is 8.30. The van der Waals surface area contributed by atoms with Gasteiger partial charge in [-0.2, -0.15) is 0 Å². The summed E-state index contributed by atoms with van der Waals surface area (Å²) in [5.74, 6) is -0.221. The summed E-state index contributed by atoms with van der Waals surface area (Å²) in [4.78, 5) is 24.7. The van der Waals surface area contributed by atoms with Gasteiger partial charge in [-0.25, -0.2) is 9.48 Å². The van der Waals surface area contributed by atoms with Crippen molar-refractivity contribution in [1.29, 1.82) is 0 Å². The average Bonchev–Trinajstić information content (AvgIpc) is 3.24. The van der Waals surface area contributed by atoms with Crippen molar-refractivity contribution < 1.29 is 18.8 Å². The first-order chi connectivity index (χ1) is 12.5. The highest BCUT2D eigenvalue weighted by atomic mass is 16.5. The summed E-state index contributed by atoms with van der Waals surface area (Å²) < 4.78 is 12.0. The minimum absolute atomic E-state index is 0.277. The topological polar surface area (TPSA) is 112 Å². The monoisotopic (exact) mass is 357 g/mol. The largest absolute Gasteiger partial charge is 0.449 e. The smallest absolute Gasteiger partial charge is 0.338 e. The van der Waals surface area contributed by atoms with Crippen LogP contribution in [0, 0.1) is 6.92 Å². The predicted octanol–water partition coefficient (Wildman–Crippen LogP) is 2.32. The molecule has 3 rings (SSSR count). The van der Waals surface area contributed by atoms with Crippen LogP contribution in [0.5, 0.6) is 0 Å². The normalized spacial score (nSPS) is 12.1. The molecule has 0 radical (unpaired) electrons. The quantitative estimate of drug-likeness (QED) is 0.674. The van der Waals surface area contributed by atoms with Gasteiger partial charge >= 0.3 is 5.97 Å². The Morgan fingerprint density at radius 3 is 2.77 bits per heavy atom. The van der Waals surface area contributed by atoms with Crippen molar-refractivity contribution in [1.82, 2.24) is 20.2 Å². The van der Waals surface area contributed by atoms with Crippen LogP contribution in [-0.2, 0) is 16.1 Å². The lowest BCUT2D eigenvalue weighted by Crippen LogP contribution is -2.32. The van der Waals surface area contributed by atoms with Gasteiger partial charge in [0.1, 0.15) is 11.3 Å². The van der Waals surface area contributed by atoms with E-state index in [9.17, 15) is 9.59 Å². The summed E-state index contributed by atoms with van der Waals surface area (Å²) in [6.45, 7) is 6.10. The molecule has 1 N–H and O–H groups in total. The number of carbonyl (C=O) groups is 2. The number of aromatic nitrogens is 4. The summed E-state index contributed by atoms with van der Waals surface area (Å²) in [6.07, 6.45) is -0.621. The number of anilines is 1. The number of nitrogens with one attached hydrogen (secondary N) is 1. The molecular formula is C17H19N5O4. The standard InChI is InChI=1S/C17H19N5O4/c1-4-14(16(23)18-15-8-10(3)26-20-15)25-17(24)11-6-7-13-12(9-11)19-21-22(13)5-2/h6-9,14H,4-5H2,1-3H3,(H,18,20,23)/t14-/m0/s1. The summed E-state index contributed by atoms with van der Waals surface area (Å²) in [7, 11) is 0. The Bertz CT molecular complexity index is 946. The fourth-order valence-electron chi connectivity index (χ4n) is 2.48. The highest BCUT2D eigenvalue weighted by Crippen LogP contribution is 2.16. The fraction of sp³-hybridized carbons (Fsp3) is 0.353. The Hall–Kier alpha value is -3.23. The molecule has 0 saturated carbocycles. The van der Waals surface area contributed by atoms with E-state index in [-0.39, 0.29) is 5.82 Å². The van der Waals surface area contributed by atoms with Crippen LogP contribution in [0.2, 0.25) is 0 Å². The van der Waals surface area contributed by atoms with Gasteiger partial charge < -0.3 is 14.6 Å². The Morgan fingerprint density at radius 2 is 2.12 bits per heavy atom. The number of rotatable bonds is 6. The lowest BCUT2D eigenvalue weighted by molar-refractivity contribution is -0.124. The Kier molecular flexibility index (Phi) is 4.97. The minimum atomic E-state index is -0.943. The molecule has 0 aliphatic rings. The lowest BCUT2D eigenvalue weighted by Gasteiger charge is -2.15. The van der Waals surface area contributed by atoms with E-state index >= 15 is 0 Å². The van der Waals surface area contributed by atoms with Gasteiger partial charge in [-0.1, -0.05) is 17.3 Å². The molecule has 26 heavy (non-hydrogen) atoms. The minimum Gasteiger partial charge on any atom is -0.449 e. The molecule has 9 heteroatoms. The number of ether oxygens (including phenoxy) is 1. The highest BCUT2D eigenvalue weighted by Gasteiger charge is 2.23. The summed E-state index contributed by atoms with van der Waals surface area (Å²) in [6, 6.07) is 6.57. The number of carbonyl (C=O) groups excluding carboxylic acids is 2. The van der Waals surface area contributed by atoms with Crippen molar-refractivity contribution in [2.75, 3.05) is 5.32 Å². The zero-order chi connectivity index (χ0) is 18.7. The molecule has 0 fully saturated rings. The van der Waals surface area contributed by atoms with Gasteiger partial charge in [-0.15, -0.1) is 5.10 Å². The van der Waals surface area contributed by atoms with Crippen molar-refractivity contribution in [3.63, 3.8) is 0 Å². The van der Waals surface area contributed by atoms with Crippen molar-refractivity contribution in [3.05, 3.63) is 35.6 Å². The van der Waals surface area contributed by atoms with Crippen LogP contribution >= 0.6 is 0 Å². The molecule has 0 bridgehead atoms. The zero-order valence-corrected chi connectivity index (χ0v) is 14.7. The van der Waals surface area contributed by atoms with E-state index in [1.54, 1.807) is 42.8 Å². The van der Waals surface area contributed by atoms with Crippen molar-refractivity contribution >= 4 is 28.7 Å². The van der Waals surface area contributed by atoms with Crippen LogP contribution in [0.3, 0.4) is 0 Å². The first-order valence-corrected chi connectivity index (χ1v) is 8.30. The molecule has 0 unspecified atom stereocenters. The zero-order valence-electron chi connectivity index (χ0n) is 14.7. The van der Waals surface area contributed by atoms with E-state index in [2.05, 4.69) is 20.8 Å². The van der Waals surface area contributed by atoms with Crippen LogP contribution in [0.1, 0.15) is 36.4 Å². The third-order valence-electron chi connectivity index (χ3n) is 3.84. The molecule has 1 aromatic carbocycles. The molecule has 2 heterocycles. The van der Waals surface area contributed by atoms with Gasteiger partial charge in [0.25, 0.3) is 5.91 Å². The maximum atomic E-state index is 12.4. The van der Waals surface area contributed by atoms with Gasteiger partial charge in [0.2, 0.25) is 0 Å². The maximum absolute atomic E-state index is 12.4. The highest BCUT2D eigenvalue weighted by molar-refractivity contribution is 5.98. The molecule has 0 spiro atoms. The summed E-state index contributed by atoms with van der Waals surface area (Å²) in [5, 5.41) is 14.3. The van der Waals surface area contributed by atoms with Crippen LogP contribution < -0.4 is 5.32 Å². The van der Waals surface area contributed by atoms with Gasteiger partial charge in [0, 0.05) is 12.6 Å². The van der Waals surface area contributed by atoms with E-state index in [1.807, 2.05) is 6.92 Å². The molecule has 0 saturated heterocycles. The van der Waals surface area contributed by atoms with Crippen molar-refractivity contribution in [2.24, 2.45) is 0 Å². The molecule has 0 aliphatic carbocycles. The third kappa shape index (κ3) is 3.56. The second kappa shape index (κ2) is 7.34. The van der Waals surface area contributed by atoms with Gasteiger partial charge in [0.15, 0.2) is 11.9 Å². The Labute approximate surface area is 149 Å². The van der Waals surface area contributed by atoms with Crippen LogP contribution in [0.15, 0.2) is 28.8 Å². The number of esters is 1. The number of hydrogen-bond donors (Lipinski definition) is 1. The summed E-state index contributed by atoms with van der Waals surface area (Å²) >= 11 is 0. The Balaban J connectivity index is 1.71. The molecule has 1 amide bonds. The average molecular weight is 357 g/mol. The van der Waals surface area contributed by atoms with E-state index < -0.39 is 18.0 Å². The molecule has 1 atom stereocenters. The fourth-order valence-corrected chi connectivity index (χ4v) is 2.48. The summed E-state index contributed by atoms with van der Waals surface area (Å²) in [5.41, 5.74) is 1.73. The lowest BCUT2D eigenvalue weighted by atomic mass is 10.2. The number of amides is 1. The predicted molar refractivity (Wildman–Crippen MR) is 92.6 cm³/mol. The number of nitrogens with zero attached hydrogens (tertiary/aromatic N) is 4. The molecule has 136 valence electrons. The second-order valence-electron chi connectivity index (χ2n) is 5.72. The van der Waals surface area contributed by atoms with Crippen molar-refractivity contribution in [3.8, 4) is 0 Å².